The second-order valence-electron chi connectivity index (χ2n) is 6.60. The van der Waals surface area contributed by atoms with Gasteiger partial charge in [0.25, 0.3) is 0 Å². The van der Waals surface area contributed by atoms with E-state index in [2.05, 4.69) is 10.1 Å². The first-order valence-electron chi connectivity index (χ1n) is 9.43. The zero-order valence-electron chi connectivity index (χ0n) is 16.2. The van der Waals surface area contributed by atoms with Gasteiger partial charge in [-0.05, 0) is 35.9 Å². The SMILES string of the molecule is COC(=O)c1ccc(CNC(=O)CCC(=O)c2ccc3c(c2)OCCCO3)cc1. The number of hydrogen-bond donors (Lipinski definition) is 1. The van der Waals surface area contributed by atoms with Crippen LogP contribution < -0.4 is 14.8 Å². The van der Waals surface area contributed by atoms with Crippen molar-refractivity contribution in [3.05, 3.63) is 59.2 Å². The Bertz CT molecular complexity index is 891. The number of fused-ring (bicyclic) bond motifs is 1. The highest BCUT2D eigenvalue weighted by atomic mass is 16.5. The smallest absolute Gasteiger partial charge is 0.337 e. The molecule has 0 bridgehead atoms. The van der Waals surface area contributed by atoms with Crippen LogP contribution in [0.25, 0.3) is 0 Å². The first-order valence-corrected chi connectivity index (χ1v) is 9.43. The van der Waals surface area contributed by atoms with Gasteiger partial charge in [0.15, 0.2) is 17.3 Å². The van der Waals surface area contributed by atoms with Crippen LogP contribution >= 0.6 is 0 Å². The number of carbonyl (C=O) groups excluding carboxylic acids is 3. The highest BCUT2D eigenvalue weighted by Crippen LogP contribution is 2.30. The quantitative estimate of drug-likeness (QED) is 0.571. The summed E-state index contributed by atoms with van der Waals surface area (Å²) in [7, 11) is 1.32. The number of amides is 1. The topological polar surface area (TPSA) is 90.9 Å². The van der Waals surface area contributed by atoms with E-state index in [1.807, 2.05) is 0 Å². The molecule has 0 fully saturated rings. The predicted molar refractivity (Wildman–Crippen MR) is 105 cm³/mol. The molecule has 1 aliphatic heterocycles. The molecule has 1 aliphatic rings. The second-order valence-corrected chi connectivity index (χ2v) is 6.60. The van der Waals surface area contributed by atoms with Gasteiger partial charge in [0.05, 0.1) is 25.9 Å². The van der Waals surface area contributed by atoms with Gasteiger partial charge in [-0.3, -0.25) is 9.59 Å². The molecule has 0 saturated heterocycles. The number of rotatable bonds is 7. The maximum atomic E-state index is 12.4. The summed E-state index contributed by atoms with van der Waals surface area (Å²) in [6, 6.07) is 11.9. The molecule has 7 heteroatoms. The summed E-state index contributed by atoms with van der Waals surface area (Å²) in [6.45, 7) is 1.46. The van der Waals surface area contributed by atoms with Gasteiger partial charge in [-0.25, -0.2) is 4.79 Å². The normalized spacial score (nSPS) is 12.6. The molecule has 0 aromatic heterocycles. The summed E-state index contributed by atoms with van der Waals surface area (Å²) >= 11 is 0. The Labute approximate surface area is 169 Å². The number of nitrogens with one attached hydrogen (secondary N) is 1. The number of Topliss-reactive ketones (excluding diaryl/α,β-unsaturated/α-hetero) is 1. The number of hydrogen-bond acceptors (Lipinski definition) is 6. The zero-order valence-corrected chi connectivity index (χ0v) is 16.2. The van der Waals surface area contributed by atoms with E-state index in [1.165, 1.54) is 7.11 Å². The summed E-state index contributed by atoms with van der Waals surface area (Å²) < 4.78 is 15.8. The van der Waals surface area contributed by atoms with Crippen LogP contribution in [0.4, 0.5) is 0 Å². The van der Waals surface area contributed by atoms with Crippen LogP contribution in [0.5, 0.6) is 11.5 Å². The molecule has 0 saturated carbocycles. The van der Waals surface area contributed by atoms with Crippen molar-refractivity contribution in [3.8, 4) is 11.5 Å². The van der Waals surface area contributed by atoms with E-state index in [0.29, 0.717) is 42.4 Å². The number of carbonyl (C=O) groups is 3. The van der Waals surface area contributed by atoms with Gasteiger partial charge >= 0.3 is 5.97 Å². The molecule has 0 atom stereocenters. The molecular weight excluding hydrogens is 374 g/mol. The number of benzene rings is 2. The fourth-order valence-electron chi connectivity index (χ4n) is 2.87. The molecule has 7 nitrogen and oxygen atoms in total. The average molecular weight is 397 g/mol. The van der Waals surface area contributed by atoms with Crippen molar-refractivity contribution < 1.29 is 28.6 Å². The van der Waals surface area contributed by atoms with Crippen molar-refractivity contribution in [3.63, 3.8) is 0 Å². The van der Waals surface area contributed by atoms with E-state index in [9.17, 15) is 14.4 Å². The molecule has 3 rings (SSSR count). The molecule has 1 heterocycles. The molecule has 0 unspecified atom stereocenters. The van der Waals surface area contributed by atoms with Gasteiger partial charge in [-0.1, -0.05) is 12.1 Å². The largest absolute Gasteiger partial charge is 0.490 e. The van der Waals surface area contributed by atoms with E-state index < -0.39 is 5.97 Å². The summed E-state index contributed by atoms with van der Waals surface area (Å²) in [5.74, 6) is 0.444. The van der Waals surface area contributed by atoms with Crippen LogP contribution in [0.3, 0.4) is 0 Å². The van der Waals surface area contributed by atoms with E-state index in [4.69, 9.17) is 9.47 Å². The number of ketones is 1. The Kier molecular flexibility index (Phi) is 6.84. The first-order chi connectivity index (χ1) is 14.1. The summed E-state index contributed by atoms with van der Waals surface area (Å²) in [5, 5.41) is 2.77. The minimum atomic E-state index is -0.408. The molecule has 0 radical (unpaired) electrons. The van der Waals surface area contributed by atoms with Gasteiger partial charge in [0.1, 0.15) is 0 Å². The van der Waals surface area contributed by atoms with Crippen molar-refractivity contribution in [1.82, 2.24) is 5.32 Å². The number of esters is 1. The van der Waals surface area contributed by atoms with E-state index in [1.54, 1.807) is 42.5 Å². The summed E-state index contributed by atoms with van der Waals surface area (Å²) in [4.78, 5) is 35.9. The van der Waals surface area contributed by atoms with Crippen molar-refractivity contribution in [2.24, 2.45) is 0 Å². The Morgan fingerprint density at radius 3 is 2.34 bits per heavy atom. The number of ether oxygens (including phenoxy) is 3. The highest BCUT2D eigenvalue weighted by molar-refractivity contribution is 5.98. The second kappa shape index (κ2) is 9.73. The molecular formula is C22H23NO6. The molecule has 0 aliphatic carbocycles. The zero-order chi connectivity index (χ0) is 20.6. The third-order valence-electron chi connectivity index (χ3n) is 4.51. The Morgan fingerprint density at radius 2 is 1.62 bits per heavy atom. The van der Waals surface area contributed by atoms with Gasteiger partial charge in [-0.2, -0.15) is 0 Å². The molecule has 29 heavy (non-hydrogen) atoms. The van der Waals surface area contributed by atoms with Crippen LogP contribution in [0, 0.1) is 0 Å². The fourth-order valence-corrected chi connectivity index (χ4v) is 2.87. The van der Waals surface area contributed by atoms with Gasteiger partial charge < -0.3 is 19.5 Å². The van der Waals surface area contributed by atoms with Gasteiger partial charge in [0.2, 0.25) is 5.91 Å². The lowest BCUT2D eigenvalue weighted by Gasteiger charge is -2.09. The number of methoxy groups -OCH3 is 1. The lowest BCUT2D eigenvalue weighted by molar-refractivity contribution is -0.121. The van der Waals surface area contributed by atoms with Gasteiger partial charge in [0, 0.05) is 31.4 Å². The Morgan fingerprint density at radius 1 is 0.931 bits per heavy atom. The molecule has 0 spiro atoms. The Balaban J connectivity index is 1.47. The van der Waals surface area contributed by atoms with E-state index >= 15 is 0 Å². The average Bonchev–Trinajstić information content (AvgIpc) is 3.00. The molecule has 152 valence electrons. The van der Waals surface area contributed by atoms with Crippen LogP contribution in [0.15, 0.2) is 42.5 Å². The lowest BCUT2D eigenvalue weighted by Crippen LogP contribution is -2.23. The van der Waals surface area contributed by atoms with Crippen LogP contribution in [-0.2, 0) is 16.1 Å². The van der Waals surface area contributed by atoms with Crippen LogP contribution in [0.1, 0.15) is 45.5 Å². The molecule has 2 aromatic rings. The van der Waals surface area contributed by atoms with Gasteiger partial charge in [-0.15, -0.1) is 0 Å². The maximum absolute atomic E-state index is 12.4. The molecule has 2 aromatic carbocycles. The van der Waals surface area contributed by atoms with Crippen LogP contribution in [0.2, 0.25) is 0 Å². The third-order valence-corrected chi connectivity index (χ3v) is 4.51. The van der Waals surface area contributed by atoms with E-state index in [0.717, 1.165) is 12.0 Å². The minimum Gasteiger partial charge on any atom is -0.490 e. The third kappa shape index (κ3) is 5.57. The molecule has 1 amide bonds. The van der Waals surface area contributed by atoms with E-state index in [-0.39, 0.29) is 24.5 Å². The fraction of sp³-hybridized carbons (Fsp3) is 0.318. The predicted octanol–water partition coefficient (Wildman–Crippen LogP) is 2.91. The monoisotopic (exact) mass is 397 g/mol. The van der Waals surface area contributed by atoms with Crippen molar-refractivity contribution >= 4 is 17.7 Å². The summed E-state index contributed by atoms with van der Waals surface area (Å²) in [6.07, 6.45) is 0.990. The summed E-state index contributed by atoms with van der Waals surface area (Å²) in [5.41, 5.74) is 1.80. The van der Waals surface area contributed by atoms with Crippen LogP contribution in [-0.4, -0.2) is 38.0 Å². The maximum Gasteiger partial charge on any atom is 0.337 e. The van der Waals surface area contributed by atoms with Crippen molar-refractivity contribution in [1.29, 1.82) is 0 Å². The van der Waals surface area contributed by atoms with Crippen molar-refractivity contribution in [2.45, 2.75) is 25.8 Å². The highest BCUT2D eigenvalue weighted by Gasteiger charge is 2.15. The standard InChI is InChI=1S/C22H23NO6/c1-27-22(26)16-5-3-15(4-6-16)14-23-21(25)10-8-18(24)17-7-9-19-20(13-17)29-12-2-11-28-19/h3-7,9,13H,2,8,10-12,14H2,1H3,(H,23,25). The van der Waals surface area contributed by atoms with Crippen molar-refractivity contribution in [2.75, 3.05) is 20.3 Å². The first kappa shape index (κ1) is 20.4. The lowest BCUT2D eigenvalue weighted by atomic mass is 10.1. The minimum absolute atomic E-state index is 0.0908. The Hall–Kier alpha value is -3.35. The molecule has 1 N–H and O–H groups in total.